The lowest BCUT2D eigenvalue weighted by atomic mass is 10.2. The molecular weight excluding hydrogens is 401 g/mol. The minimum Gasteiger partial charge on any atom is -0.489 e. The molecule has 1 N–H and O–H groups in total. The van der Waals surface area contributed by atoms with Crippen LogP contribution in [0.5, 0.6) is 5.75 Å². The topological polar surface area (TPSA) is 51.2 Å². The number of hydrogen-bond acceptors (Lipinski definition) is 4. The maximum absolute atomic E-state index is 14.5. The molecule has 2 aromatic carbocycles. The molecular formula is C21H17F3N2O2S. The summed E-state index contributed by atoms with van der Waals surface area (Å²) < 4.78 is 46.2. The molecule has 0 aliphatic heterocycles. The Balaban J connectivity index is 1.41. The average Bonchev–Trinajstić information content (AvgIpc) is 3.41. The van der Waals surface area contributed by atoms with Crippen LogP contribution in [0.3, 0.4) is 0 Å². The fourth-order valence-corrected chi connectivity index (χ4v) is 3.53. The Hall–Kier alpha value is -2.87. The number of hydrogen-bond donors (Lipinski definition) is 1. The summed E-state index contributed by atoms with van der Waals surface area (Å²) in [6.45, 7) is 0.614. The highest BCUT2D eigenvalue weighted by Gasteiger charge is 2.22. The maximum Gasteiger partial charge on any atom is 0.270 e. The number of nitrogens with one attached hydrogen (secondary N) is 1. The van der Waals surface area contributed by atoms with Gasteiger partial charge in [-0.25, -0.2) is 18.2 Å². The standard InChI is InChI=1S/C21H17F3N2O2S/c22-16-6-3-13(7-18(16)24)10-28-14-4-5-15(17(23)8-14)21-26-19(11-29-21)20(27)25-9-12-1-2-12/h3-8,11-12H,1-2,9-10H2,(H,25,27). The summed E-state index contributed by atoms with van der Waals surface area (Å²) in [6.07, 6.45) is 2.27. The summed E-state index contributed by atoms with van der Waals surface area (Å²) in [5.74, 6) is -1.90. The van der Waals surface area contributed by atoms with Gasteiger partial charge in [0.15, 0.2) is 11.6 Å². The van der Waals surface area contributed by atoms with E-state index in [1.165, 1.54) is 29.5 Å². The van der Waals surface area contributed by atoms with E-state index in [9.17, 15) is 18.0 Å². The zero-order valence-electron chi connectivity index (χ0n) is 15.3. The molecule has 29 heavy (non-hydrogen) atoms. The molecule has 8 heteroatoms. The molecule has 0 atom stereocenters. The van der Waals surface area contributed by atoms with Gasteiger partial charge in [0.05, 0.1) is 0 Å². The smallest absolute Gasteiger partial charge is 0.270 e. The van der Waals surface area contributed by atoms with Gasteiger partial charge in [-0.2, -0.15) is 0 Å². The number of halogens is 3. The number of carbonyl (C=O) groups is 1. The van der Waals surface area contributed by atoms with Crippen LogP contribution in [-0.4, -0.2) is 17.4 Å². The lowest BCUT2D eigenvalue weighted by Gasteiger charge is -2.08. The van der Waals surface area contributed by atoms with Crippen LogP contribution in [0.25, 0.3) is 10.6 Å². The molecule has 0 spiro atoms. The van der Waals surface area contributed by atoms with E-state index in [4.69, 9.17) is 4.74 Å². The summed E-state index contributed by atoms with van der Waals surface area (Å²) in [6, 6.07) is 7.72. The van der Waals surface area contributed by atoms with Crippen molar-refractivity contribution in [2.75, 3.05) is 6.54 Å². The summed E-state index contributed by atoms with van der Waals surface area (Å²) in [7, 11) is 0. The van der Waals surface area contributed by atoms with Gasteiger partial charge in [0, 0.05) is 23.6 Å². The van der Waals surface area contributed by atoms with Gasteiger partial charge in [-0.1, -0.05) is 6.07 Å². The van der Waals surface area contributed by atoms with E-state index in [0.717, 1.165) is 25.0 Å². The van der Waals surface area contributed by atoms with E-state index in [2.05, 4.69) is 10.3 Å². The van der Waals surface area contributed by atoms with Crippen LogP contribution in [-0.2, 0) is 6.61 Å². The van der Waals surface area contributed by atoms with Crippen molar-refractivity contribution in [3.05, 3.63) is 70.5 Å². The SMILES string of the molecule is O=C(NCC1CC1)c1csc(-c2ccc(OCc3ccc(F)c(F)c3)cc2F)n1. The van der Waals surface area contributed by atoms with Crippen LogP contribution in [0.1, 0.15) is 28.9 Å². The van der Waals surface area contributed by atoms with Crippen LogP contribution < -0.4 is 10.1 Å². The fraction of sp³-hybridized carbons (Fsp3) is 0.238. The summed E-state index contributed by atoms with van der Waals surface area (Å²) in [5.41, 5.74) is 0.954. The number of ether oxygens (including phenoxy) is 1. The third-order valence-electron chi connectivity index (χ3n) is 4.55. The van der Waals surface area contributed by atoms with E-state index < -0.39 is 17.5 Å². The normalized spacial score (nSPS) is 13.3. The monoisotopic (exact) mass is 418 g/mol. The summed E-state index contributed by atoms with van der Waals surface area (Å²) in [4.78, 5) is 16.3. The number of thiazole rings is 1. The van der Waals surface area contributed by atoms with Crippen LogP contribution in [0.2, 0.25) is 0 Å². The van der Waals surface area contributed by atoms with Crippen molar-refractivity contribution < 1.29 is 22.7 Å². The van der Waals surface area contributed by atoms with Crippen molar-refractivity contribution in [2.24, 2.45) is 5.92 Å². The molecule has 1 fully saturated rings. The van der Waals surface area contributed by atoms with Crippen LogP contribution in [0.15, 0.2) is 41.8 Å². The third kappa shape index (κ3) is 4.76. The second kappa shape index (κ2) is 8.24. The Morgan fingerprint density at radius 3 is 2.66 bits per heavy atom. The quantitative estimate of drug-likeness (QED) is 0.591. The number of amides is 1. The Morgan fingerprint density at radius 2 is 1.93 bits per heavy atom. The molecule has 4 nitrogen and oxygen atoms in total. The molecule has 0 unspecified atom stereocenters. The third-order valence-corrected chi connectivity index (χ3v) is 5.42. The van der Waals surface area contributed by atoms with Gasteiger partial charge in [-0.3, -0.25) is 4.79 Å². The predicted octanol–water partition coefficient (Wildman–Crippen LogP) is 4.95. The minimum absolute atomic E-state index is 0.0292. The molecule has 1 aromatic heterocycles. The Bertz CT molecular complexity index is 1050. The number of benzene rings is 2. The van der Waals surface area contributed by atoms with E-state index in [-0.39, 0.29) is 29.5 Å². The maximum atomic E-state index is 14.5. The lowest BCUT2D eigenvalue weighted by molar-refractivity contribution is 0.0947. The van der Waals surface area contributed by atoms with E-state index in [1.54, 1.807) is 11.4 Å². The second-order valence-electron chi connectivity index (χ2n) is 6.87. The van der Waals surface area contributed by atoms with Crippen molar-refractivity contribution in [3.8, 4) is 16.3 Å². The van der Waals surface area contributed by atoms with Crippen molar-refractivity contribution in [1.82, 2.24) is 10.3 Å². The number of carbonyl (C=O) groups excluding carboxylic acids is 1. The van der Waals surface area contributed by atoms with Crippen LogP contribution >= 0.6 is 11.3 Å². The zero-order chi connectivity index (χ0) is 20.4. The first-order valence-corrected chi connectivity index (χ1v) is 9.98. The van der Waals surface area contributed by atoms with Crippen molar-refractivity contribution >= 4 is 17.2 Å². The molecule has 3 aromatic rings. The van der Waals surface area contributed by atoms with Crippen LogP contribution in [0, 0.1) is 23.4 Å². The minimum atomic E-state index is -0.964. The van der Waals surface area contributed by atoms with E-state index in [0.29, 0.717) is 23.0 Å². The Morgan fingerprint density at radius 1 is 1.10 bits per heavy atom. The molecule has 0 saturated heterocycles. The van der Waals surface area contributed by atoms with Gasteiger partial charge in [0.2, 0.25) is 0 Å². The molecule has 1 aliphatic carbocycles. The van der Waals surface area contributed by atoms with Crippen molar-refractivity contribution in [3.63, 3.8) is 0 Å². The summed E-state index contributed by atoms with van der Waals surface area (Å²) in [5, 5.41) is 4.83. The largest absolute Gasteiger partial charge is 0.489 e. The highest BCUT2D eigenvalue weighted by atomic mass is 32.1. The number of aromatic nitrogens is 1. The molecule has 4 rings (SSSR count). The molecule has 0 radical (unpaired) electrons. The Kier molecular flexibility index (Phi) is 5.53. The first-order valence-electron chi connectivity index (χ1n) is 9.10. The van der Waals surface area contributed by atoms with Gasteiger partial charge in [-0.05, 0) is 48.6 Å². The molecule has 0 bridgehead atoms. The van der Waals surface area contributed by atoms with Crippen molar-refractivity contribution in [1.29, 1.82) is 0 Å². The first kappa shape index (κ1) is 19.4. The molecule has 1 saturated carbocycles. The number of rotatable bonds is 7. The number of nitrogens with zero attached hydrogens (tertiary/aromatic N) is 1. The van der Waals surface area contributed by atoms with Gasteiger partial charge in [0.25, 0.3) is 5.91 Å². The highest BCUT2D eigenvalue weighted by molar-refractivity contribution is 7.13. The highest BCUT2D eigenvalue weighted by Crippen LogP contribution is 2.30. The second-order valence-corrected chi connectivity index (χ2v) is 7.73. The molecule has 1 aliphatic rings. The first-order chi connectivity index (χ1) is 14.0. The fourth-order valence-electron chi connectivity index (χ4n) is 2.71. The van der Waals surface area contributed by atoms with E-state index in [1.807, 2.05) is 0 Å². The van der Waals surface area contributed by atoms with Gasteiger partial charge < -0.3 is 10.1 Å². The van der Waals surface area contributed by atoms with Crippen LogP contribution in [0.4, 0.5) is 13.2 Å². The molecule has 150 valence electrons. The Labute approximate surface area is 169 Å². The van der Waals surface area contributed by atoms with Gasteiger partial charge in [0.1, 0.15) is 28.9 Å². The van der Waals surface area contributed by atoms with E-state index >= 15 is 0 Å². The molecule has 1 heterocycles. The molecule has 1 amide bonds. The van der Waals surface area contributed by atoms with Gasteiger partial charge >= 0.3 is 0 Å². The average molecular weight is 418 g/mol. The predicted molar refractivity (Wildman–Crippen MR) is 103 cm³/mol. The summed E-state index contributed by atoms with van der Waals surface area (Å²) >= 11 is 1.18. The van der Waals surface area contributed by atoms with Gasteiger partial charge in [-0.15, -0.1) is 11.3 Å². The zero-order valence-corrected chi connectivity index (χ0v) is 16.1. The lowest BCUT2D eigenvalue weighted by Crippen LogP contribution is -2.25. The van der Waals surface area contributed by atoms with Crippen molar-refractivity contribution in [2.45, 2.75) is 19.4 Å².